The molecule has 2 saturated heterocycles. The van der Waals surface area contributed by atoms with Crippen LogP contribution in [0.1, 0.15) is 39.1 Å². The van der Waals surface area contributed by atoms with Crippen LogP contribution in [0.2, 0.25) is 10.0 Å². The molecule has 0 aliphatic carbocycles. The molecule has 1 aromatic heterocycles. The molecule has 0 spiro atoms. The van der Waals surface area contributed by atoms with Gasteiger partial charge in [0.15, 0.2) is 10.7 Å². The number of aromatic nitrogens is 1. The Hall–Kier alpha value is -3.93. The van der Waals surface area contributed by atoms with Crippen LogP contribution in [0.5, 0.6) is 11.5 Å². The summed E-state index contributed by atoms with van der Waals surface area (Å²) in [6.07, 6.45) is 0. The highest BCUT2D eigenvalue weighted by Gasteiger charge is 2.28. The molecule has 0 radical (unpaired) electrons. The van der Waals surface area contributed by atoms with E-state index in [0.29, 0.717) is 52.7 Å². The van der Waals surface area contributed by atoms with Gasteiger partial charge in [0, 0.05) is 50.3 Å². The topological polar surface area (TPSA) is 167 Å². The van der Waals surface area contributed by atoms with Crippen molar-refractivity contribution in [1.29, 1.82) is 0 Å². The van der Waals surface area contributed by atoms with E-state index in [-0.39, 0.29) is 25.6 Å². The Bertz CT molecular complexity index is 2170. The average Bonchev–Trinajstić information content (AvgIpc) is 3.46. The average molecular weight is 839 g/mol. The minimum absolute atomic E-state index is 0.00448. The molecule has 4 aromatic rings. The van der Waals surface area contributed by atoms with Gasteiger partial charge in [0.2, 0.25) is 0 Å². The maximum absolute atomic E-state index is 12.8. The molecule has 6 rings (SSSR count). The highest BCUT2D eigenvalue weighted by molar-refractivity contribution is 7.93. The van der Waals surface area contributed by atoms with E-state index in [1.54, 1.807) is 76.6 Å². The van der Waals surface area contributed by atoms with Gasteiger partial charge in [-0.25, -0.2) is 16.8 Å². The zero-order valence-corrected chi connectivity index (χ0v) is 35.3. The summed E-state index contributed by atoms with van der Waals surface area (Å²) in [4.78, 5) is 4.40. The molecule has 2 aliphatic heterocycles. The SMILES string of the molecule is COc1ccc(NS(=O)(=O)c2c(C)noc2C)cc1N1C[C@@H](C)N[C@@H](C)C1.COc1ccc(NS(=O)(=O)c2cccc(Cl)c2Cl)cc1N1C[C@@H](C)N[C@@H](C)C1. The monoisotopic (exact) mass is 837 g/mol. The standard InChI is InChI=1S/C19H23Cl2N3O3S.C18H26N4O4S/c1-12-10-24(11-13(2)22-12)16-9-14(7-8-17(16)27-3)23-28(25,26)18-6-4-5-15(20)19(18)21;1-11-9-22(10-12(2)19-11)16-8-15(6-7-17(16)25-5)21-27(23,24)18-13(3)20-26-14(18)4/h4-9,12-13,22-23H,10-11H2,1-3H3;6-8,11-12,19,21H,9-10H2,1-5H3/t12-,13+;11-,12+. The molecule has 0 saturated carbocycles. The Morgan fingerprint density at radius 1 is 0.727 bits per heavy atom. The summed E-state index contributed by atoms with van der Waals surface area (Å²) in [5.41, 5.74) is 2.91. The fourth-order valence-electron chi connectivity index (χ4n) is 7.01. The summed E-state index contributed by atoms with van der Waals surface area (Å²) in [6, 6.07) is 16.2. The number of nitrogens with one attached hydrogen (secondary N) is 4. The van der Waals surface area contributed by atoms with Crippen LogP contribution < -0.4 is 39.4 Å². The molecule has 3 aromatic carbocycles. The fraction of sp³-hybridized carbons (Fsp3) is 0.432. The molecule has 0 bridgehead atoms. The predicted molar refractivity (Wildman–Crippen MR) is 219 cm³/mol. The Kier molecular flexibility index (Phi) is 13.4. The third-order valence-corrected chi connectivity index (χ3v) is 13.1. The summed E-state index contributed by atoms with van der Waals surface area (Å²) in [5.74, 6) is 1.65. The zero-order valence-electron chi connectivity index (χ0n) is 32.1. The first kappa shape index (κ1) is 42.2. The number of benzene rings is 3. The smallest absolute Gasteiger partial charge is 0.267 e. The van der Waals surface area contributed by atoms with Crippen LogP contribution in [0.4, 0.5) is 22.7 Å². The Balaban J connectivity index is 0.000000211. The van der Waals surface area contributed by atoms with E-state index < -0.39 is 20.0 Å². The van der Waals surface area contributed by atoms with Gasteiger partial charge in [-0.3, -0.25) is 9.44 Å². The predicted octanol–water partition coefficient (Wildman–Crippen LogP) is 6.28. The number of sulfonamides is 2. The van der Waals surface area contributed by atoms with E-state index in [9.17, 15) is 16.8 Å². The third-order valence-electron chi connectivity index (χ3n) is 9.10. The molecular weight excluding hydrogens is 789 g/mol. The van der Waals surface area contributed by atoms with Crippen LogP contribution in [0.15, 0.2) is 68.9 Å². The van der Waals surface area contributed by atoms with E-state index >= 15 is 0 Å². The highest BCUT2D eigenvalue weighted by atomic mass is 35.5. The number of methoxy groups -OCH3 is 2. The van der Waals surface area contributed by atoms with Crippen molar-refractivity contribution in [2.75, 3.05) is 59.6 Å². The van der Waals surface area contributed by atoms with Crippen LogP contribution in [0.3, 0.4) is 0 Å². The second kappa shape index (κ2) is 17.5. The van der Waals surface area contributed by atoms with Crippen molar-refractivity contribution in [3.05, 3.63) is 76.1 Å². The molecular formula is C37H49Cl2N7O7S2. The summed E-state index contributed by atoms with van der Waals surface area (Å²) in [6.45, 7) is 14.9. The lowest BCUT2D eigenvalue weighted by molar-refractivity contribution is 0.390. The lowest BCUT2D eigenvalue weighted by Gasteiger charge is -2.38. The van der Waals surface area contributed by atoms with Gasteiger partial charge < -0.3 is 34.4 Å². The minimum atomic E-state index is -3.89. The van der Waals surface area contributed by atoms with Gasteiger partial charge in [-0.1, -0.05) is 34.4 Å². The first-order valence-electron chi connectivity index (χ1n) is 17.7. The molecule has 0 unspecified atom stereocenters. The van der Waals surface area contributed by atoms with Gasteiger partial charge in [-0.15, -0.1) is 0 Å². The number of aryl methyl sites for hydroxylation is 2. The molecule has 0 amide bonds. The van der Waals surface area contributed by atoms with Gasteiger partial charge in [-0.05, 0) is 90.1 Å². The van der Waals surface area contributed by atoms with Crippen molar-refractivity contribution in [3.8, 4) is 11.5 Å². The van der Waals surface area contributed by atoms with Gasteiger partial charge in [0.25, 0.3) is 20.0 Å². The Labute approximate surface area is 333 Å². The Morgan fingerprint density at radius 3 is 1.60 bits per heavy atom. The van der Waals surface area contributed by atoms with Crippen molar-refractivity contribution < 1.29 is 30.8 Å². The number of piperazine rings is 2. The van der Waals surface area contributed by atoms with Gasteiger partial charge >= 0.3 is 0 Å². The first-order chi connectivity index (χ1) is 25.9. The minimum Gasteiger partial charge on any atom is -0.495 e. The number of hydrogen-bond acceptors (Lipinski definition) is 12. The zero-order chi connectivity index (χ0) is 40.2. The number of nitrogens with zero attached hydrogens (tertiary/aromatic N) is 3. The highest BCUT2D eigenvalue weighted by Crippen LogP contribution is 2.36. The van der Waals surface area contributed by atoms with Crippen molar-refractivity contribution in [3.63, 3.8) is 0 Å². The molecule has 2 fully saturated rings. The largest absolute Gasteiger partial charge is 0.495 e. The summed E-state index contributed by atoms with van der Waals surface area (Å²) in [7, 11) is -4.48. The third kappa shape index (κ3) is 10.1. The van der Waals surface area contributed by atoms with Crippen LogP contribution in [0.25, 0.3) is 0 Å². The number of halogens is 2. The van der Waals surface area contributed by atoms with Crippen molar-refractivity contribution in [2.24, 2.45) is 0 Å². The van der Waals surface area contributed by atoms with Gasteiger partial charge in [0.1, 0.15) is 22.1 Å². The van der Waals surface area contributed by atoms with E-state index in [2.05, 4.69) is 62.7 Å². The van der Waals surface area contributed by atoms with E-state index in [1.807, 2.05) is 0 Å². The van der Waals surface area contributed by atoms with Crippen LogP contribution >= 0.6 is 23.2 Å². The van der Waals surface area contributed by atoms with Crippen molar-refractivity contribution in [2.45, 2.75) is 75.5 Å². The summed E-state index contributed by atoms with van der Waals surface area (Å²) in [5, 5.41) is 10.9. The van der Waals surface area contributed by atoms with Gasteiger partial charge in [0.05, 0.1) is 47.0 Å². The molecule has 300 valence electrons. The maximum Gasteiger partial charge on any atom is 0.267 e. The van der Waals surface area contributed by atoms with Crippen molar-refractivity contribution in [1.82, 2.24) is 15.8 Å². The number of rotatable bonds is 10. The second-order valence-corrected chi connectivity index (χ2v) is 18.0. The first-order valence-corrected chi connectivity index (χ1v) is 21.4. The molecule has 4 atom stereocenters. The van der Waals surface area contributed by atoms with E-state index in [1.165, 1.54) is 6.07 Å². The lowest BCUT2D eigenvalue weighted by atomic mass is 10.1. The van der Waals surface area contributed by atoms with E-state index in [4.69, 9.17) is 37.2 Å². The van der Waals surface area contributed by atoms with Crippen LogP contribution in [-0.2, 0) is 20.0 Å². The van der Waals surface area contributed by atoms with E-state index in [0.717, 1.165) is 37.6 Å². The lowest BCUT2D eigenvalue weighted by Crippen LogP contribution is -2.54. The molecule has 14 nitrogen and oxygen atoms in total. The molecule has 18 heteroatoms. The quantitative estimate of drug-likeness (QED) is 0.142. The summed E-state index contributed by atoms with van der Waals surface area (Å²) < 4.78 is 72.4. The molecule has 4 N–H and O–H groups in total. The van der Waals surface area contributed by atoms with Crippen LogP contribution in [-0.4, -0.2) is 86.6 Å². The number of hydrogen-bond donors (Lipinski definition) is 4. The Morgan fingerprint density at radius 2 is 1.18 bits per heavy atom. The van der Waals surface area contributed by atoms with Crippen molar-refractivity contribution >= 4 is 66.0 Å². The molecule has 2 aliphatic rings. The van der Waals surface area contributed by atoms with Crippen LogP contribution in [0, 0.1) is 13.8 Å². The fourth-order valence-corrected chi connectivity index (χ4v) is 10.2. The van der Waals surface area contributed by atoms with Gasteiger partial charge in [-0.2, -0.15) is 0 Å². The normalized spacial score (nSPS) is 20.3. The molecule has 55 heavy (non-hydrogen) atoms. The summed E-state index contributed by atoms with van der Waals surface area (Å²) >= 11 is 12.1. The molecule has 3 heterocycles. The number of anilines is 4. The maximum atomic E-state index is 12.8. The second-order valence-electron chi connectivity index (χ2n) is 13.9. The number of ether oxygens (including phenoxy) is 2.